The maximum absolute atomic E-state index is 12.4. The van der Waals surface area contributed by atoms with E-state index in [9.17, 15) is 4.79 Å². The van der Waals surface area contributed by atoms with Crippen molar-refractivity contribution in [3.63, 3.8) is 0 Å². The van der Waals surface area contributed by atoms with Gasteiger partial charge < -0.3 is 10.2 Å². The first kappa shape index (κ1) is 15.5. The van der Waals surface area contributed by atoms with Crippen molar-refractivity contribution in [3.8, 4) is 0 Å². The Morgan fingerprint density at radius 2 is 1.78 bits per heavy atom. The van der Waals surface area contributed by atoms with Crippen LogP contribution in [0.1, 0.15) is 48.3 Å². The Bertz CT molecular complexity index is 636. The summed E-state index contributed by atoms with van der Waals surface area (Å²) in [6.45, 7) is 3.72. The highest BCUT2D eigenvalue weighted by Gasteiger charge is 2.19. The van der Waals surface area contributed by atoms with Crippen LogP contribution in [0.3, 0.4) is 0 Å². The van der Waals surface area contributed by atoms with Crippen molar-refractivity contribution < 1.29 is 4.79 Å². The number of nitrogens with zero attached hydrogens (tertiary/aromatic N) is 3. The van der Waals surface area contributed by atoms with Gasteiger partial charge in [0, 0.05) is 19.1 Å². The van der Waals surface area contributed by atoms with Crippen LogP contribution in [0.15, 0.2) is 42.5 Å². The van der Waals surface area contributed by atoms with Crippen molar-refractivity contribution in [1.29, 1.82) is 0 Å². The number of carbonyl (C=O) groups excluding carboxylic acids is 1. The molecule has 1 atom stereocenters. The number of aromatic nitrogens is 2. The first-order valence-corrected chi connectivity index (χ1v) is 8.18. The van der Waals surface area contributed by atoms with Gasteiger partial charge in [0.15, 0.2) is 5.69 Å². The summed E-state index contributed by atoms with van der Waals surface area (Å²) in [5, 5.41) is 11.6. The molecule has 1 saturated heterocycles. The van der Waals surface area contributed by atoms with Crippen LogP contribution in [-0.2, 0) is 0 Å². The van der Waals surface area contributed by atoms with Gasteiger partial charge in [0.1, 0.15) is 5.82 Å². The van der Waals surface area contributed by atoms with Gasteiger partial charge >= 0.3 is 0 Å². The smallest absolute Gasteiger partial charge is 0.274 e. The van der Waals surface area contributed by atoms with Crippen LogP contribution < -0.4 is 5.32 Å². The number of rotatable bonds is 4. The molecule has 1 aromatic heterocycles. The maximum atomic E-state index is 12.4. The van der Waals surface area contributed by atoms with Crippen LogP contribution >= 0.6 is 0 Å². The molecule has 0 saturated carbocycles. The Morgan fingerprint density at radius 1 is 1.04 bits per heavy atom. The van der Waals surface area contributed by atoms with Crippen molar-refractivity contribution in [2.75, 3.05) is 18.4 Å². The van der Waals surface area contributed by atoms with Gasteiger partial charge in [0.25, 0.3) is 5.91 Å². The van der Waals surface area contributed by atoms with Crippen molar-refractivity contribution in [2.45, 2.75) is 32.2 Å². The average Bonchev–Trinajstić information content (AvgIpc) is 2.63. The number of piperidine rings is 1. The lowest BCUT2D eigenvalue weighted by atomic mass is 10.1. The fourth-order valence-corrected chi connectivity index (χ4v) is 2.83. The molecular formula is C18H22N4O. The first-order chi connectivity index (χ1) is 11.2. The molecule has 0 radical (unpaired) electrons. The lowest BCUT2D eigenvalue weighted by molar-refractivity contribution is 0.0717. The van der Waals surface area contributed by atoms with Gasteiger partial charge in [-0.15, -0.1) is 10.2 Å². The molecule has 5 heteroatoms. The van der Waals surface area contributed by atoms with Gasteiger partial charge in [-0.1, -0.05) is 30.3 Å². The lowest BCUT2D eigenvalue weighted by Crippen LogP contribution is -2.36. The summed E-state index contributed by atoms with van der Waals surface area (Å²) < 4.78 is 0. The molecule has 1 aliphatic rings. The molecule has 1 aliphatic heterocycles. The first-order valence-electron chi connectivity index (χ1n) is 8.18. The Kier molecular flexibility index (Phi) is 4.86. The molecule has 1 aromatic carbocycles. The third-order valence-corrected chi connectivity index (χ3v) is 4.19. The Hall–Kier alpha value is -2.43. The molecule has 1 amide bonds. The van der Waals surface area contributed by atoms with Gasteiger partial charge in [-0.05, 0) is 43.9 Å². The van der Waals surface area contributed by atoms with E-state index < -0.39 is 0 Å². The lowest BCUT2D eigenvalue weighted by Gasteiger charge is -2.26. The molecule has 0 spiro atoms. The molecule has 0 aliphatic carbocycles. The highest BCUT2D eigenvalue weighted by molar-refractivity contribution is 5.92. The molecule has 1 N–H and O–H groups in total. The molecule has 2 aromatic rings. The highest BCUT2D eigenvalue weighted by Crippen LogP contribution is 2.17. The van der Waals surface area contributed by atoms with E-state index >= 15 is 0 Å². The summed E-state index contributed by atoms with van der Waals surface area (Å²) in [5.41, 5.74) is 1.60. The third kappa shape index (κ3) is 3.86. The number of nitrogens with one attached hydrogen (secondary N) is 1. The van der Waals surface area contributed by atoms with Crippen LogP contribution in [0.25, 0.3) is 0 Å². The topological polar surface area (TPSA) is 58.1 Å². The van der Waals surface area contributed by atoms with Crippen molar-refractivity contribution >= 4 is 11.7 Å². The van der Waals surface area contributed by atoms with E-state index in [0.717, 1.165) is 25.9 Å². The Balaban J connectivity index is 1.63. The second-order valence-corrected chi connectivity index (χ2v) is 5.93. The monoisotopic (exact) mass is 310 g/mol. The Morgan fingerprint density at radius 3 is 2.43 bits per heavy atom. The van der Waals surface area contributed by atoms with Crippen LogP contribution in [0.5, 0.6) is 0 Å². The zero-order valence-electron chi connectivity index (χ0n) is 13.4. The standard InChI is InChI=1S/C18H22N4O/c1-14(15-8-4-2-5-9-15)19-17-11-10-16(20-21-17)18(23)22-12-6-3-7-13-22/h2,4-5,8-11,14H,3,6-7,12-13H2,1H3,(H,19,21). The van der Waals surface area contributed by atoms with E-state index in [1.165, 1.54) is 12.0 Å². The number of hydrogen-bond donors (Lipinski definition) is 1. The van der Waals surface area contributed by atoms with E-state index in [2.05, 4.69) is 34.6 Å². The fraction of sp³-hybridized carbons (Fsp3) is 0.389. The van der Waals surface area contributed by atoms with E-state index in [1.54, 1.807) is 6.07 Å². The Labute approximate surface area is 136 Å². The zero-order chi connectivity index (χ0) is 16.1. The van der Waals surface area contributed by atoms with Crippen molar-refractivity contribution in [2.24, 2.45) is 0 Å². The number of anilines is 1. The summed E-state index contributed by atoms with van der Waals surface area (Å²) in [7, 11) is 0. The minimum Gasteiger partial charge on any atom is -0.362 e. The largest absolute Gasteiger partial charge is 0.362 e. The zero-order valence-corrected chi connectivity index (χ0v) is 13.4. The average molecular weight is 310 g/mol. The predicted molar refractivity (Wildman–Crippen MR) is 90.3 cm³/mol. The van der Waals surface area contributed by atoms with E-state index in [-0.39, 0.29) is 11.9 Å². The normalized spacial score (nSPS) is 16.0. The van der Waals surface area contributed by atoms with Crippen molar-refractivity contribution in [3.05, 3.63) is 53.7 Å². The SMILES string of the molecule is CC(Nc1ccc(C(=O)N2CCCCC2)nn1)c1ccccc1. The van der Waals surface area contributed by atoms with Crippen LogP contribution in [0.4, 0.5) is 5.82 Å². The van der Waals surface area contributed by atoms with Crippen molar-refractivity contribution in [1.82, 2.24) is 15.1 Å². The quantitative estimate of drug-likeness (QED) is 0.941. The van der Waals surface area contributed by atoms with Gasteiger partial charge in [0.05, 0.1) is 0 Å². The fourth-order valence-electron chi connectivity index (χ4n) is 2.83. The minimum atomic E-state index is -0.0140. The van der Waals surface area contributed by atoms with Crippen LogP contribution in [0.2, 0.25) is 0 Å². The van der Waals surface area contributed by atoms with E-state index in [0.29, 0.717) is 11.5 Å². The number of likely N-dealkylation sites (tertiary alicyclic amines) is 1. The molecule has 3 rings (SSSR count). The van der Waals surface area contributed by atoms with E-state index in [4.69, 9.17) is 0 Å². The summed E-state index contributed by atoms with van der Waals surface area (Å²) >= 11 is 0. The molecule has 5 nitrogen and oxygen atoms in total. The minimum absolute atomic E-state index is 0.0140. The van der Waals surface area contributed by atoms with Gasteiger partial charge in [-0.3, -0.25) is 4.79 Å². The van der Waals surface area contributed by atoms with Gasteiger partial charge in [-0.2, -0.15) is 0 Å². The maximum Gasteiger partial charge on any atom is 0.274 e. The summed E-state index contributed by atoms with van der Waals surface area (Å²) in [6.07, 6.45) is 3.36. The van der Waals surface area contributed by atoms with Crippen LogP contribution in [0, 0.1) is 0 Å². The number of carbonyl (C=O) groups is 1. The molecule has 1 fully saturated rings. The summed E-state index contributed by atoms with van der Waals surface area (Å²) in [5.74, 6) is 0.663. The second-order valence-electron chi connectivity index (χ2n) is 5.93. The molecular weight excluding hydrogens is 288 g/mol. The molecule has 120 valence electrons. The molecule has 23 heavy (non-hydrogen) atoms. The number of amides is 1. The third-order valence-electron chi connectivity index (χ3n) is 4.19. The highest BCUT2D eigenvalue weighted by atomic mass is 16.2. The second kappa shape index (κ2) is 7.22. The molecule has 0 bridgehead atoms. The van der Waals surface area contributed by atoms with E-state index in [1.807, 2.05) is 29.2 Å². The molecule has 2 heterocycles. The number of benzene rings is 1. The predicted octanol–water partition coefficient (Wildman–Crippen LogP) is 3.28. The van der Waals surface area contributed by atoms with Gasteiger partial charge in [0.2, 0.25) is 0 Å². The number of hydrogen-bond acceptors (Lipinski definition) is 4. The molecule has 1 unspecified atom stereocenters. The summed E-state index contributed by atoms with van der Waals surface area (Å²) in [4.78, 5) is 14.2. The van der Waals surface area contributed by atoms with Gasteiger partial charge in [-0.25, -0.2) is 0 Å². The summed E-state index contributed by atoms with van der Waals surface area (Å²) in [6, 6.07) is 13.9. The van der Waals surface area contributed by atoms with Crippen LogP contribution in [-0.4, -0.2) is 34.1 Å².